The molecule has 7 heteroatoms. The van der Waals surface area contributed by atoms with Gasteiger partial charge in [-0.25, -0.2) is 9.97 Å². The zero-order valence-corrected chi connectivity index (χ0v) is 19.6. The largest absolute Gasteiger partial charge is 0.414 e. The van der Waals surface area contributed by atoms with E-state index in [-0.39, 0.29) is 11.1 Å². The fourth-order valence-corrected chi connectivity index (χ4v) is 5.20. The molecule has 1 fully saturated rings. The van der Waals surface area contributed by atoms with Crippen LogP contribution >= 0.6 is 23.2 Å². The van der Waals surface area contributed by atoms with Gasteiger partial charge in [0.15, 0.2) is 14.1 Å². The Labute approximate surface area is 178 Å². The molecule has 1 aliphatic carbocycles. The Morgan fingerprint density at radius 3 is 2.29 bits per heavy atom. The van der Waals surface area contributed by atoms with Crippen molar-refractivity contribution in [1.29, 1.82) is 0 Å². The Balaban J connectivity index is 1.91. The van der Waals surface area contributed by atoms with Crippen LogP contribution in [0.25, 0.3) is 0 Å². The summed E-state index contributed by atoms with van der Waals surface area (Å²) in [7, 11) is -1.90. The average molecular weight is 439 g/mol. The van der Waals surface area contributed by atoms with E-state index >= 15 is 0 Å². The minimum absolute atomic E-state index is 0.0914. The van der Waals surface area contributed by atoms with Crippen LogP contribution in [0.4, 0.5) is 0 Å². The molecule has 0 bridgehead atoms. The van der Waals surface area contributed by atoms with Gasteiger partial charge in [-0.15, -0.1) is 0 Å². The second kappa shape index (κ2) is 7.69. The highest BCUT2D eigenvalue weighted by Gasteiger charge is 2.54. The number of rotatable bonds is 5. The number of aliphatic hydroxyl groups is 1. The smallest absolute Gasteiger partial charge is 0.192 e. The number of benzene rings is 1. The number of aromatic nitrogens is 2. The highest BCUT2D eigenvalue weighted by molar-refractivity contribution is 6.74. The number of halogens is 2. The molecule has 0 saturated heterocycles. The van der Waals surface area contributed by atoms with Gasteiger partial charge >= 0.3 is 0 Å². The zero-order chi connectivity index (χ0) is 20.7. The van der Waals surface area contributed by atoms with Crippen molar-refractivity contribution in [2.45, 2.75) is 69.4 Å². The number of nitrogens with zero attached hydrogens (tertiary/aromatic N) is 2. The van der Waals surface area contributed by atoms with E-state index in [1.54, 1.807) is 24.5 Å². The summed E-state index contributed by atoms with van der Waals surface area (Å²) in [6.07, 6.45) is 3.93. The molecule has 1 saturated carbocycles. The number of hydrogen-bond acceptors (Lipinski definition) is 4. The topological polar surface area (TPSA) is 55.2 Å². The molecule has 1 aromatic carbocycles. The molecule has 0 spiro atoms. The van der Waals surface area contributed by atoms with Crippen LogP contribution in [0, 0.1) is 0 Å². The molecule has 28 heavy (non-hydrogen) atoms. The lowest BCUT2D eigenvalue weighted by Crippen LogP contribution is -2.55. The molecule has 1 unspecified atom stereocenters. The molecular formula is C21H28Cl2N2O2Si. The molecule has 0 radical (unpaired) electrons. The summed E-state index contributed by atoms with van der Waals surface area (Å²) in [6.45, 7) is 11.2. The van der Waals surface area contributed by atoms with Gasteiger partial charge in [0.25, 0.3) is 0 Å². The van der Waals surface area contributed by atoms with Crippen molar-refractivity contribution in [2.24, 2.45) is 0 Å². The zero-order valence-electron chi connectivity index (χ0n) is 17.0. The van der Waals surface area contributed by atoms with Gasteiger partial charge in [-0.2, -0.15) is 0 Å². The predicted molar refractivity (Wildman–Crippen MR) is 116 cm³/mol. The third-order valence-electron chi connectivity index (χ3n) is 6.30. The molecule has 0 amide bonds. The lowest BCUT2D eigenvalue weighted by atomic mass is 9.59. The Hall–Kier alpha value is -0.983. The maximum absolute atomic E-state index is 11.2. The predicted octanol–water partition coefficient (Wildman–Crippen LogP) is 5.94. The SMILES string of the molecule is CC(C)(C)[Si](C)(C)O[C@H]1C[C@](c2ccc(Cl)c(Cl)c2)(C(O)c2ncccn2)C1. The minimum Gasteiger partial charge on any atom is -0.414 e. The Morgan fingerprint density at radius 1 is 1.14 bits per heavy atom. The lowest BCUT2D eigenvalue weighted by molar-refractivity contribution is -0.0547. The fourth-order valence-electron chi connectivity index (χ4n) is 3.55. The number of hydrogen-bond donors (Lipinski definition) is 1. The van der Waals surface area contributed by atoms with E-state index in [9.17, 15) is 5.11 Å². The van der Waals surface area contributed by atoms with Gasteiger partial charge < -0.3 is 9.53 Å². The standard InChI is InChI=1S/C21H28Cl2N2O2Si/c1-20(2,3)28(4,5)27-15-12-21(13-15,14-7-8-16(22)17(23)11-14)18(26)19-24-9-6-10-25-19/h6-11,15,18,26H,12-13H2,1-5H3/t15-,18?,21-. The highest BCUT2D eigenvalue weighted by atomic mass is 35.5. The van der Waals surface area contributed by atoms with Crippen LogP contribution in [0.15, 0.2) is 36.7 Å². The summed E-state index contributed by atoms with van der Waals surface area (Å²) >= 11 is 12.4. The van der Waals surface area contributed by atoms with E-state index in [0.717, 1.165) is 5.56 Å². The Bertz CT molecular complexity index is 834. The third kappa shape index (κ3) is 4.01. The fraction of sp³-hybridized carbons (Fsp3) is 0.524. The molecule has 1 heterocycles. The van der Waals surface area contributed by atoms with Crippen molar-refractivity contribution in [3.63, 3.8) is 0 Å². The Kier molecular flexibility index (Phi) is 5.96. The summed E-state index contributed by atoms with van der Waals surface area (Å²) in [5.41, 5.74) is 0.403. The van der Waals surface area contributed by atoms with E-state index in [1.165, 1.54) is 0 Å². The molecule has 152 valence electrons. The van der Waals surface area contributed by atoms with E-state index in [2.05, 4.69) is 43.8 Å². The van der Waals surface area contributed by atoms with Gasteiger partial charge in [0.2, 0.25) is 0 Å². The van der Waals surface area contributed by atoms with Gasteiger partial charge in [-0.3, -0.25) is 0 Å². The van der Waals surface area contributed by atoms with Crippen molar-refractivity contribution in [1.82, 2.24) is 9.97 Å². The summed E-state index contributed by atoms with van der Waals surface area (Å²) in [5, 5.41) is 12.3. The average Bonchev–Trinajstić information content (AvgIpc) is 2.59. The van der Waals surface area contributed by atoms with E-state index in [4.69, 9.17) is 27.6 Å². The molecule has 1 atom stereocenters. The molecule has 2 aromatic rings. The number of aliphatic hydroxyl groups excluding tert-OH is 1. The van der Waals surface area contributed by atoms with E-state index < -0.39 is 19.8 Å². The van der Waals surface area contributed by atoms with E-state index in [0.29, 0.717) is 28.7 Å². The molecular weight excluding hydrogens is 411 g/mol. The molecule has 3 rings (SSSR count). The maximum Gasteiger partial charge on any atom is 0.192 e. The van der Waals surface area contributed by atoms with Crippen molar-refractivity contribution in [3.8, 4) is 0 Å². The molecule has 1 aliphatic rings. The molecule has 1 N–H and O–H groups in total. The molecule has 4 nitrogen and oxygen atoms in total. The summed E-state index contributed by atoms with van der Waals surface area (Å²) in [6, 6.07) is 7.30. The van der Waals surface area contributed by atoms with Crippen LogP contribution in [0.3, 0.4) is 0 Å². The van der Waals surface area contributed by atoms with Gasteiger partial charge in [0, 0.05) is 23.9 Å². The van der Waals surface area contributed by atoms with Crippen LogP contribution in [-0.4, -0.2) is 29.5 Å². The van der Waals surface area contributed by atoms with Crippen LogP contribution in [0.5, 0.6) is 0 Å². The Morgan fingerprint density at radius 2 is 1.75 bits per heavy atom. The first-order valence-corrected chi connectivity index (χ1v) is 13.2. The van der Waals surface area contributed by atoms with Gasteiger partial charge in [0.1, 0.15) is 6.10 Å². The normalized spacial score (nSPS) is 23.9. The van der Waals surface area contributed by atoms with Gasteiger partial charge in [-0.05, 0) is 54.7 Å². The second-order valence-electron chi connectivity index (χ2n) is 9.20. The first-order valence-electron chi connectivity index (χ1n) is 9.55. The van der Waals surface area contributed by atoms with Crippen molar-refractivity contribution in [2.75, 3.05) is 0 Å². The quantitative estimate of drug-likeness (QED) is 0.586. The summed E-state index contributed by atoms with van der Waals surface area (Å²) in [5.74, 6) is 0.416. The second-order valence-corrected chi connectivity index (χ2v) is 14.8. The molecule has 0 aliphatic heterocycles. The summed E-state index contributed by atoms with van der Waals surface area (Å²) in [4.78, 5) is 8.56. The maximum atomic E-state index is 11.2. The van der Waals surface area contributed by atoms with Crippen molar-refractivity contribution < 1.29 is 9.53 Å². The van der Waals surface area contributed by atoms with E-state index in [1.807, 2.05) is 12.1 Å². The van der Waals surface area contributed by atoms with Crippen LogP contribution in [0.1, 0.15) is 51.1 Å². The van der Waals surface area contributed by atoms with Crippen molar-refractivity contribution in [3.05, 3.63) is 58.1 Å². The van der Waals surface area contributed by atoms with Gasteiger partial charge in [-0.1, -0.05) is 50.0 Å². The first kappa shape index (κ1) is 21.7. The highest BCUT2D eigenvalue weighted by Crippen LogP contribution is 2.55. The van der Waals surface area contributed by atoms with Gasteiger partial charge in [0.05, 0.1) is 10.0 Å². The van der Waals surface area contributed by atoms with Crippen LogP contribution < -0.4 is 0 Å². The summed E-state index contributed by atoms with van der Waals surface area (Å²) < 4.78 is 6.58. The van der Waals surface area contributed by atoms with Crippen molar-refractivity contribution >= 4 is 31.5 Å². The minimum atomic E-state index is -1.90. The van der Waals surface area contributed by atoms with Crippen LogP contribution in [-0.2, 0) is 9.84 Å². The monoisotopic (exact) mass is 438 g/mol. The van der Waals surface area contributed by atoms with Crippen LogP contribution in [0.2, 0.25) is 28.2 Å². The molecule has 1 aromatic heterocycles. The third-order valence-corrected chi connectivity index (χ3v) is 11.6. The lowest BCUT2D eigenvalue weighted by Gasteiger charge is -2.53. The first-order chi connectivity index (χ1) is 13.0.